The lowest BCUT2D eigenvalue weighted by atomic mass is 9.97. The predicted octanol–water partition coefficient (Wildman–Crippen LogP) is 1.92. The second-order valence-corrected chi connectivity index (χ2v) is 5.63. The summed E-state index contributed by atoms with van der Waals surface area (Å²) in [5, 5.41) is 12.0. The summed E-state index contributed by atoms with van der Waals surface area (Å²) in [5.41, 5.74) is -0.493. The van der Waals surface area contributed by atoms with Crippen molar-refractivity contribution in [1.29, 1.82) is 0 Å². The lowest BCUT2D eigenvalue weighted by Crippen LogP contribution is -2.45. The Hall–Kier alpha value is -0.770. The average Bonchev–Trinajstić information content (AvgIpc) is 2.93. The van der Waals surface area contributed by atoms with E-state index in [-0.39, 0.29) is 12.6 Å². The Morgan fingerprint density at radius 2 is 2.06 bits per heavy atom. The smallest absolute Gasteiger partial charge is 0.407 e. The maximum absolute atomic E-state index is 11.5. The van der Waals surface area contributed by atoms with Gasteiger partial charge in [-0.2, -0.15) is 0 Å². The van der Waals surface area contributed by atoms with Gasteiger partial charge in [0.05, 0.1) is 12.6 Å². The lowest BCUT2D eigenvalue weighted by molar-refractivity contribution is 0.0452. The SMILES string of the molecule is C[C@@H](C1CC1)[C@@H](CO)NC(=O)OC(C)(C)C. The van der Waals surface area contributed by atoms with E-state index in [2.05, 4.69) is 12.2 Å². The molecule has 1 aliphatic carbocycles. The van der Waals surface area contributed by atoms with Gasteiger partial charge in [-0.3, -0.25) is 0 Å². The monoisotopic (exact) mass is 229 g/mol. The van der Waals surface area contributed by atoms with Gasteiger partial charge in [0, 0.05) is 0 Å². The van der Waals surface area contributed by atoms with E-state index >= 15 is 0 Å². The van der Waals surface area contributed by atoms with Crippen LogP contribution >= 0.6 is 0 Å². The van der Waals surface area contributed by atoms with E-state index in [0.29, 0.717) is 11.8 Å². The zero-order valence-corrected chi connectivity index (χ0v) is 10.6. The first-order chi connectivity index (χ1) is 7.33. The minimum atomic E-state index is -0.493. The van der Waals surface area contributed by atoms with Crippen molar-refractivity contribution in [3.05, 3.63) is 0 Å². The minimum absolute atomic E-state index is 0.0308. The van der Waals surface area contributed by atoms with Gasteiger partial charge in [0.15, 0.2) is 0 Å². The molecule has 2 N–H and O–H groups in total. The van der Waals surface area contributed by atoms with Crippen molar-refractivity contribution in [2.45, 2.75) is 52.2 Å². The Balaban J connectivity index is 2.40. The summed E-state index contributed by atoms with van der Waals surface area (Å²) in [6.07, 6.45) is 1.96. The molecule has 0 bridgehead atoms. The number of carbonyl (C=O) groups excluding carboxylic acids is 1. The van der Waals surface area contributed by atoms with Crippen molar-refractivity contribution in [3.8, 4) is 0 Å². The van der Waals surface area contributed by atoms with Crippen LogP contribution in [0.4, 0.5) is 4.79 Å². The van der Waals surface area contributed by atoms with Crippen molar-refractivity contribution in [2.24, 2.45) is 11.8 Å². The zero-order chi connectivity index (χ0) is 12.3. The van der Waals surface area contributed by atoms with E-state index in [1.807, 2.05) is 20.8 Å². The van der Waals surface area contributed by atoms with Gasteiger partial charge in [-0.1, -0.05) is 6.92 Å². The molecule has 1 amide bonds. The second-order valence-electron chi connectivity index (χ2n) is 5.63. The fourth-order valence-electron chi connectivity index (χ4n) is 1.75. The molecule has 0 heterocycles. The number of carbonyl (C=O) groups is 1. The lowest BCUT2D eigenvalue weighted by Gasteiger charge is -2.26. The van der Waals surface area contributed by atoms with Crippen LogP contribution in [0.3, 0.4) is 0 Å². The van der Waals surface area contributed by atoms with E-state index in [1.165, 1.54) is 12.8 Å². The molecule has 0 aromatic heterocycles. The maximum Gasteiger partial charge on any atom is 0.407 e. The van der Waals surface area contributed by atoms with Gasteiger partial charge in [-0.05, 0) is 45.4 Å². The van der Waals surface area contributed by atoms with Crippen LogP contribution in [0.25, 0.3) is 0 Å². The number of aliphatic hydroxyl groups is 1. The minimum Gasteiger partial charge on any atom is -0.444 e. The summed E-state index contributed by atoms with van der Waals surface area (Å²) >= 11 is 0. The molecule has 0 unspecified atom stereocenters. The number of nitrogens with one attached hydrogen (secondary N) is 1. The molecule has 1 rings (SSSR count). The Morgan fingerprint density at radius 1 is 1.50 bits per heavy atom. The summed E-state index contributed by atoms with van der Waals surface area (Å²) in [5.74, 6) is 0.963. The average molecular weight is 229 g/mol. The van der Waals surface area contributed by atoms with Crippen LogP contribution in [0, 0.1) is 11.8 Å². The topological polar surface area (TPSA) is 58.6 Å². The molecule has 1 fully saturated rings. The molecule has 4 heteroatoms. The van der Waals surface area contributed by atoms with Crippen molar-refractivity contribution in [2.75, 3.05) is 6.61 Å². The molecule has 1 aliphatic rings. The number of ether oxygens (including phenoxy) is 1. The van der Waals surface area contributed by atoms with E-state index in [0.717, 1.165) is 0 Å². The Morgan fingerprint density at radius 3 is 2.44 bits per heavy atom. The van der Waals surface area contributed by atoms with E-state index in [1.54, 1.807) is 0 Å². The fourth-order valence-corrected chi connectivity index (χ4v) is 1.75. The molecule has 0 aliphatic heterocycles. The van der Waals surface area contributed by atoms with Gasteiger partial charge in [0.1, 0.15) is 5.60 Å². The third-order valence-electron chi connectivity index (χ3n) is 2.90. The van der Waals surface area contributed by atoms with E-state index < -0.39 is 11.7 Å². The van der Waals surface area contributed by atoms with Crippen molar-refractivity contribution in [1.82, 2.24) is 5.32 Å². The molecule has 0 aromatic carbocycles. The Kier molecular flexibility index (Phi) is 4.19. The van der Waals surface area contributed by atoms with Gasteiger partial charge < -0.3 is 15.2 Å². The maximum atomic E-state index is 11.5. The number of aliphatic hydroxyl groups excluding tert-OH is 1. The molecule has 16 heavy (non-hydrogen) atoms. The molecule has 0 radical (unpaired) electrons. The number of amides is 1. The summed E-state index contributed by atoms with van der Waals surface area (Å²) in [6.45, 7) is 7.51. The van der Waals surface area contributed by atoms with Crippen LogP contribution < -0.4 is 5.32 Å². The molecule has 4 nitrogen and oxygen atoms in total. The van der Waals surface area contributed by atoms with Crippen LogP contribution in [0.1, 0.15) is 40.5 Å². The highest BCUT2D eigenvalue weighted by Crippen LogP contribution is 2.38. The molecule has 0 aromatic rings. The van der Waals surface area contributed by atoms with Crippen LogP contribution in [0.2, 0.25) is 0 Å². The first-order valence-corrected chi connectivity index (χ1v) is 5.94. The van der Waals surface area contributed by atoms with Crippen LogP contribution in [0.5, 0.6) is 0 Å². The summed E-state index contributed by atoms with van der Waals surface area (Å²) in [6, 6.07) is -0.192. The molecule has 94 valence electrons. The quantitative estimate of drug-likeness (QED) is 0.774. The Bertz CT molecular complexity index is 243. The Labute approximate surface area is 97.4 Å². The summed E-state index contributed by atoms with van der Waals surface area (Å²) < 4.78 is 5.16. The first kappa shape index (κ1) is 13.3. The highest BCUT2D eigenvalue weighted by molar-refractivity contribution is 5.68. The molecular weight excluding hydrogens is 206 g/mol. The van der Waals surface area contributed by atoms with Gasteiger partial charge in [-0.25, -0.2) is 4.79 Å². The highest BCUT2D eigenvalue weighted by atomic mass is 16.6. The summed E-state index contributed by atoms with van der Waals surface area (Å²) in [4.78, 5) is 11.5. The highest BCUT2D eigenvalue weighted by Gasteiger charge is 2.34. The van der Waals surface area contributed by atoms with Gasteiger partial charge in [0.2, 0.25) is 0 Å². The molecule has 2 atom stereocenters. The first-order valence-electron chi connectivity index (χ1n) is 5.94. The number of hydrogen-bond acceptors (Lipinski definition) is 3. The third-order valence-corrected chi connectivity index (χ3v) is 2.90. The molecular formula is C12H23NO3. The normalized spacial score (nSPS) is 20.1. The number of rotatable bonds is 4. The number of hydrogen-bond donors (Lipinski definition) is 2. The van der Waals surface area contributed by atoms with Crippen LogP contribution in [0.15, 0.2) is 0 Å². The van der Waals surface area contributed by atoms with Crippen LogP contribution in [-0.4, -0.2) is 29.4 Å². The van der Waals surface area contributed by atoms with Gasteiger partial charge >= 0.3 is 6.09 Å². The predicted molar refractivity (Wildman–Crippen MR) is 62.1 cm³/mol. The van der Waals surface area contributed by atoms with Crippen molar-refractivity contribution >= 4 is 6.09 Å². The largest absolute Gasteiger partial charge is 0.444 e. The van der Waals surface area contributed by atoms with E-state index in [4.69, 9.17) is 4.74 Å². The van der Waals surface area contributed by atoms with Crippen LogP contribution in [-0.2, 0) is 4.74 Å². The van der Waals surface area contributed by atoms with Gasteiger partial charge in [-0.15, -0.1) is 0 Å². The fraction of sp³-hybridized carbons (Fsp3) is 0.917. The zero-order valence-electron chi connectivity index (χ0n) is 10.6. The molecule has 1 saturated carbocycles. The van der Waals surface area contributed by atoms with Gasteiger partial charge in [0.25, 0.3) is 0 Å². The number of alkyl carbamates (subject to hydrolysis) is 1. The van der Waals surface area contributed by atoms with Crippen molar-refractivity contribution < 1.29 is 14.6 Å². The third kappa shape index (κ3) is 4.39. The molecule has 0 saturated heterocycles. The standard InChI is InChI=1S/C12H23NO3/c1-8(9-5-6-9)10(7-14)13-11(15)16-12(2,3)4/h8-10,14H,5-7H2,1-4H3,(H,13,15)/t8-,10+/m0/s1. The molecule has 0 spiro atoms. The second kappa shape index (κ2) is 5.04. The van der Waals surface area contributed by atoms with E-state index in [9.17, 15) is 9.90 Å². The summed E-state index contributed by atoms with van der Waals surface area (Å²) in [7, 11) is 0. The van der Waals surface area contributed by atoms with Crippen molar-refractivity contribution in [3.63, 3.8) is 0 Å².